The molecule has 0 radical (unpaired) electrons. The molecule has 2 aliphatic rings. The summed E-state index contributed by atoms with van der Waals surface area (Å²) >= 11 is 0. The Morgan fingerprint density at radius 2 is 1.86 bits per heavy atom. The molecule has 1 saturated carbocycles. The summed E-state index contributed by atoms with van der Waals surface area (Å²) < 4.78 is 0. The molecule has 0 aromatic heterocycles. The summed E-state index contributed by atoms with van der Waals surface area (Å²) in [6.45, 7) is 0. The second-order valence-corrected chi connectivity index (χ2v) is 6.08. The second-order valence-electron chi connectivity index (χ2n) is 6.08. The van der Waals surface area contributed by atoms with Crippen molar-refractivity contribution in [1.82, 2.24) is 5.32 Å². The molecule has 1 heterocycles. The first-order chi connectivity index (χ1) is 10.7. The van der Waals surface area contributed by atoms with Crippen LogP contribution in [0.1, 0.15) is 66.9 Å². The highest BCUT2D eigenvalue weighted by molar-refractivity contribution is 5.97. The predicted molar refractivity (Wildman–Crippen MR) is 82.6 cm³/mol. The third kappa shape index (κ3) is 3.40. The van der Waals surface area contributed by atoms with Crippen molar-refractivity contribution in [1.29, 1.82) is 0 Å². The lowest BCUT2D eigenvalue weighted by Gasteiger charge is -2.20. The Kier molecular flexibility index (Phi) is 4.61. The van der Waals surface area contributed by atoms with E-state index in [4.69, 9.17) is 0 Å². The van der Waals surface area contributed by atoms with E-state index in [1.54, 1.807) is 12.1 Å². The fourth-order valence-corrected chi connectivity index (χ4v) is 3.26. The van der Waals surface area contributed by atoms with Crippen molar-refractivity contribution in [2.75, 3.05) is 0 Å². The van der Waals surface area contributed by atoms with E-state index >= 15 is 0 Å². The Morgan fingerprint density at radius 1 is 1.14 bits per heavy atom. The Labute approximate surface area is 130 Å². The summed E-state index contributed by atoms with van der Waals surface area (Å²) in [7, 11) is 0. The first-order valence-corrected chi connectivity index (χ1v) is 8.07. The lowest BCUT2D eigenvalue weighted by atomic mass is 9.96. The summed E-state index contributed by atoms with van der Waals surface area (Å²) in [6.07, 6.45) is 7.28. The Balaban J connectivity index is 1.64. The van der Waals surface area contributed by atoms with Gasteiger partial charge in [-0.15, -0.1) is 5.11 Å². The number of carbonyl (C=O) groups excluding carboxylic acids is 2. The van der Waals surface area contributed by atoms with Crippen LogP contribution in [-0.4, -0.2) is 17.9 Å². The number of nitrogens with zero attached hydrogens (tertiary/aromatic N) is 2. The molecule has 0 saturated heterocycles. The fraction of sp³-hybridized carbons (Fsp3) is 0.529. The number of nitrogens with one attached hydrogen (secondary N) is 1. The first-order valence-electron chi connectivity index (χ1n) is 8.07. The number of carbonyl (C=O) groups is 2. The van der Waals surface area contributed by atoms with Gasteiger partial charge in [-0.3, -0.25) is 9.59 Å². The van der Waals surface area contributed by atoms with Crippen LogP contribution in [0.3, 0.4) is 0 Å². The van der Waals surface area contributed by atoms with Crippen LogP contribution in [0.25, 0.3) is 0 Å². The molecule has 1 aromatic carbocycles. The summed E-state index contributed by atoms with van der Waals surface area (Å²) in [6, 6.07) is 7.21. The number of amides is 2. The number of benzene rings is 1. The van der Waals surface area contributed by atoms with Gasteiger partial charge in [0.25, 0.3) is 5.91 Å². The molecule has 0 bridgehead atoms. The van der Waals surface area contributed by atoms with E-state index < -0.39 is 0 Å². The largest absolute Gasteiger partial charge is 0.353 e. The Bertz CT molecular complexity index is 589. The van der Waals surface area contributed by atoms with Gasteiger partial charge in [-0.1, -0.05) is 43.9 Å². The number of fused-ring (bicyclic) bond motifs is 1. The average molecular weight is 299 g/mol. The molecule has 1 N–H and O–H groups in total. The van der Waals surface area contributed by atoms with Gasteiger partial charge in [0, 0.05) is 11.6 Å². The molecule has 1 aliphatic heterocycles. The van der Waals surface area contributed by atoms with Gasteiger partial charge in [0.2, 0.25) is 5.91 Å². The molecule has 116 valence electrons. The maximum atomic E-state index is 12.3. The van der Waals surface area contributed by atoms with Gasteiger partial charge in [-0.05, 0) is 24.5 Å². The molecule has 5 heteroatoms. The third-order valence-corrected chi connectivity index (χ3v) is 4.44. The molecular formula is C17H21N3O2. The predicted octanol–water partition coefficient (Wildman–Crippen LogP) is 3.56. The normalized spacial score (nSPS) is 22.0. The molecular weight excluding hydrogens is 278 g/mol. The van der Waals surface area contributed by atoms with E-state index in [0.717, 1.165) is 18.4 Å². The van der Waals surface area contributed by atoms with Crippen LogP contribution in [0, 0.1) is 0 Å². The molecule has 0 spiro atoms. The van der Waals surface area contributed by atoms with Crippen LogP contribution < -0.4 is 5.32 Å². The molecule has 22 heavy (non-hydrogen) atoms. The van der Waals surface area contributed by atoms with Crippen LogP contribution in [0.15, 0.2) is 34.5 Å². The van der Waals surface area contributed by atoms with Crippen molar-refractivity contribution in [3.05, 3.63) is 35.4 Å². The standard InChI is InChI=1S/C17H21N3O2/c21-16(18-12-7-3-1-2-4-8-12)11-15-13-9-5-6-10-14(13)17(22)20-19-15/h5-6,9-10,12,15H,1-4,7-8,11H2,(H,18,21). The zero-order valence-corrected chi connectivity index (χ0v) is 12.6. The minimum atomic E-state index is -0.348. The minimum Gasteiger partial charge on any atom is -0.353 e. The van der Waals surface area contributed by atoms with Crippen LogP contribution in [0.5, 0.6) is 0 Å². The topological polar surface area (TPSA) is 70.9 Å². The molecule has 1 atom stereocenters. The van der Waals surface area contributed by atoms with Crippen molar-refractivity contribution in [2.24, 2.45) is 10.2 Å². The molecule has 5 nitrogen and oxygen atoms in total. The zero-order valence-electron chi connectivity index (χ0n) is 12.6. The van der Waals surface area contributed by atoms with Gasteiger partial charge in [0.05, 0.1) is 6.42 Å². The Hall–Kier alpha value is -2.04. The van der Waals surface area contributed by atoms with E-state index in [-0.39, 0.29) is 30.3 Å². The van der Waals surface area contributed by atoms with E-state index in [0.29, 0.717) is 5.56 Å². The molecule has 3 rings (SSSR count). The monoisotopic (exact) mass is 299 g/mol. The number of rotatable bonds is 3. The summed E-state index contributed by atoms with van der Waals surface area (Å²) in [4.78, 5) is 24.0. The van der Waals surface area contributed by atoms with Crippen LogP contribution in [0.4, 0.5) is 0 Å². The van der Waals surface area contributed by atoms with Gasteiger partial charge >= 0.3 is 0 Å². The van der Waals surface area contributed by atoms with Crippen LogP contribution in [-0.2, 0) is 4.79 Å². The number of azo groups is 1. The molecule has 1 aromatic rings. The minimum absolute atomic E-state index is 0.00000189. The number of hydrogen-bond donors (Lipinski definition) is 1. The fourth-order valence-electron chi connectivity index (χ4n) is 3.26. The second kappa shape index (κ2) is 6.81. The summed E-state index contributed by atoms with van der Waals surface area (Å²) in [5.74, 6) is -0.323. The number of hydrogen-bond acceptors (Lipinski definition) is 3. The Morgan fingerprint density at radius 3 is 2.64 bits per heavy atom. The van der Waals surface area contributed by atoms with E-state index in [9.17, 15) is 9.59 Å². The average Bonchev–Trinajstić information content (AvgIpc) is 2.79. The van der Waals surface area contributed by atoms with Crippen molar-refractivity contribution in [3.8, 4) is 0 Å². The van der Waals surface area contributed by atoms with Crippen molar-refractivity contribution >= 4 is 11.8 Å². The highest BCUT2D eigenvalue weighted by atomic mass is 16.2. The third-order valence-electron chi connectivity index (χ3n) is 4.44. The summed E-state index contributed by atoms with van der Waals surface area (Å²) in [5.41, 5.74) is 1.36. The van der Waals surface area contributed by atoms with Crippen molar-refractivity contribution < 1.29 is 9.59 Å². The SMILES string of the molecule is O=C(CC1N=NC(=O)c2ccccc21)NC1CCCCCC1. The lowest BCUT2D eigenvalue weighted by molar-refractivity contribution is -0.122. The molecule has 1 fully saturated rings. The lowest BCUT2D eigenvalue weighted by Crippen LogP contribution is -2.35. The van der Waals surface area contributed by atoms with Gasteiger partial charge in [-0.25, -0.2) is 0 Å². The molecule has 1 unspecified atom stereocenters. The highest BCUT2D eigenvalue weighted by Gasteiger charge is 2.26. The van der Waals surface area contributed by atoms with Crippen molar-refractivity contribution in [2.45, 2.75) is 57.0 Å². The van der Waals surface area contributed by atoms with Crippen molar-refractivity contribution in [3.63, 3.8) is 0 Å². The van der Waals surface area contributed by atoms with Gasteiger partial charge in [0.15, 0.2) is 0 Å². The first kappa shape index (κ1) is 14.9. The van der Waals surface area contributed by atoms with Crippen LogP contribution >= 0.6 is 0 Å². The van der Waals surface area contributed by atoms with E-state index in [2.05, 4.69) is 15.5 Å². The smallest absolute Gasteiger partial charge is 0.295 e. The maximum Gasteiger partial charge on any atom is 0.295 e. The summed E-state index contributed by atoms with van der Waals surface area (Å²) in [5, 5.41) is 10.8. The van der Waals surface area contributed by atoms with Gasteiger partial charge < -0.3 is 5.32 Å². The van der Waals surface area contributed by atoms with E-state index in [1.807, 2.05) is 12.1 Å². The maximum absolute atomic E-state index is 12.3. The van der Waals surface area contributed by atoms with Gasteiger partial charge in [0.1, 0.15) is 6.04 Å². The van der Waals surface area contributed by atoms with E-state index in [1.165, 1.54) is 25.7 Å². The molecule has 1 aliphatic carbocycles. The highest BCUT2D eigenvalue weighted by Crippen LogP contribution is 2.30. The zero-order chi connectivity index (χ0) is 15.4. The van der Waals surface area contributed by atoms with Crippen LogP contribution in [0.2, 0.25) is 0 Å². The van der Waals surface area contributed by atoms with Gasteiger partial charge in [-0.2, -0.15) is 5.11 Å². The quantitative estimate of drug-likeness (QED) is 0.867. The molecule has 2 amide bonds.